The van der Waals surface area contributed by atoms with Crippen molar-refractivity contribution in [2.75, 3.05) is 13.1 Å². The molecular formula is C20H20ClNO3. The Kier molecular flexibility index (Phi) is 5.39. The van der Waals surface area contributed by atoms with Gasteiger partial charge >= 0.3 is 5.97 Å². The minimum Gasteiger partial charge on any atom is -0.481 e. The first-order valence-corrected chi connectivity index (χ1v) is 8.72. The van der Waals surface area contributed by atoms with E-state index in [0.29, 0.717) is 24.4 Å². The SMILES string of the molecule is O=C(O)C1CN(C(=O)CCc2ccc(Cl)cc2)CC1c1ccccc1. The molecule has 3 rings (SSSR count). The summed E-state index contributed by atoms with van der Waals surface area (Å²) in [5.74, 6) is -1.55. The van der Waals surface area contributed by atoms with Crippen molar-refractivity contribution in [2.24, 2.45) is 5.92 Å². The van der Waals surface area contributed by atoms with Crippen LogP contribution in [0.2, 0.25) is 5.02 Å². The molecule has 5 heteroatoms. The summed E-state index contributed by atoms with van der Waals surface area (Å²) >= 11 is 5.87. The number of aliphatic carboxylic acids is 1. The number of amides is 1. The molecule has 2 unspecified atom stereocenters. The van der Waals surface area contributed by atoms with Crippen LogP contribution < -0.4 is 0 Å². The standard InChI is InChI=1S/C20H20ClNO3/c21-16-9-6-14(7-10-16)8-11-19(23)22-12-17(18(13-22)20(24)25)15-4-2-1-3-5-15/h1-7,9-10,17-18H,8,11-13H2,(H,24,25). The fourth-order valence-electron chi connectivity index (χ4n) is 3.36. The van der Waals surface area contributed by atoms with Crippen LogP contribution in [0.1, 0.15) is 23.5 Å². The van der Waals surface area contributed by atoms with Crippen LogP contribution in [0.25, 0.3) is 0 Å². The summed E-state index contributed by atoms with van der Waals surface area (Å²) in [6.45, 7) is 0.731. The molecule has 0 aliphatic carbocycles. The summed E-state index contributed by atoms with van der Waals surface area (Å²) in [5.41, 5.74) is 2.02. The highest BCUT2D eigenvalue weighted by Crippen LogP contribution is 2.33. The van der Waals surface area contributed by atoms with Gasteiger partial charge in [0.15, 0.2) is 0 Å². The van der Waals surface area contributed by atoms with Gasteiger partial charge in [0.1, 0.15) is 0 Å². The van der Waals surface area contributed by atoms with E-state index in [4.69, 9.17) is 11.6 Å². The van der Waals surface area contributed by atoms with Crippen molar-refractivity contribution in [1.82, 2.24) is 4.90 Å². The van der Waals surface area contributed by atoms with E-state index in [1.165, 1.54) is 0 Å². The quantitative estimate of drug-likeness (QED) is 0.889. The third-order valence-electron chi connectivity index (χ3n) is 4.76. The Bertz CT molecular complexity index is 745. The Morgan fingerprint density at radius 2 is 1.72 bits per heavy atom. The lowest BCUT2D eigenvalue weighted by molar-refractivity contribution is -0.141. The first-order chi connectivity index (χ1) is 12.0. The molecule has 0 bridgehead atoms. The Balaban J connectivity index is 1.65. The number of halogens is 1. The average molecular weight is 358 g/mol. The van der Waals surface area contributed by atoms with E-state index in [1.54, 1.807) is 4.90 Å². The number of carbonyl (C=O) groups is 2. The van der Waals surface area contributed by atoms with Gasteiger partial charge in [-0.25, -0.2) is 0 Å². The topological polar surface area (TPSA) is 57.6 Å². The minimum atomic E-state index is -0.846. The molecule has 2 aromatic rings. The van der Waals surface area contributed by atoms with Gasteiger partial charge < -0.3 is 10.0 Å². The van der Waals surface area contributed by atoms with E-state index in [9.17, 15) is 14.7 Å². The minimum absolute atomic E-state index is 0.000342. The molecule has 1 aliphatic rings. The Hall–Kier alpha value is -2.33. The smallest absolute Gasteiger partial charge is 0.308 e. The molecule has 0 radical (unpaired) electrons. The second-order valence-electron chi connectivity index (χ2n) is 6.39. The van der Waals surface area contributed by atoms with Crippen LogP contribution >= 0.6 is 11.6 Å². The molecule has 1 amide bonds. The number of benzene rings is 2. The highest BCUT2D eigenvalue weighted by molar-refractivity contribution is 6.30. The predicted octanol–water partition coefficient (Wildman–Crippen LogP) is 3.60. The third-order valence-corrected chi connectivity index (χ3v) is 5.01. The Labute approximate surface area is 152 Å². The monoisotopic (exact) mass is 357 g/mol. The number of hydrogen-bond donors (Lipinski definition) is 1. The first kappa shape index (κ1) is 17.5. The predicted molar refractivity (Wildman–Crippen MR) is 96.7 cm³/mol. The first-order valence-electron chi connectivity index (χ1n) is 8.34. The molecule has 25 heavy (non-hydrogen) atoms. The van der Waals surface area contributed by atoms with Crippen LogP contribution in [0, 0.1) is 5.92 Å². The largest absolute Gasteiger partial charge is 0.481 e. The molecule has 4 nitrogen and oxygen atoms in total. The number of hydrogen-bond acceptors (Lipinski definition) is 2. The zero-order valence-electron chi connectivity index (χ0n) is 13.8. The number of nitrogens with zero attached hydrogens (tertiary/aromatic N) is 1. The summed E-state index contributed by atoms with van der Waals surface area (Å²) in [6.07, 6.45) is 0.996. The van der Waals surface area contributed by atoms with Crippen LogP contribution in [0.3, 0.4) is 0 Å². The molecule has 1 saturated heterocycles. The summed E-state index contributed by atoms with van der Waals surface area (Å²) in [6, 6.07) is 17.0. The maximum absolute atomic E-state index is 12.5. The molecule has 2 aromatic carbocycles. The Morgan fingerprint density at radius 3 is 2.36 bits per heavy atom. The third kappa shape index (κ3) is 4.20. The van der Waals surface area contributed by atoms with Gasteiger partial charge in [0.25, 0.3) is 0 Å². The lowest BCUT2D eigenvalue weighted by Gasteiger charge is -2.16. The van der Waals surface area contributed by atoms with Crippen molar-refractivity contribution in [1.29, 1.82) is 0 Å². The molecule has 1 aliphatic heterocycles. The summed E-state index contributed by atoms with van der Waals surface area (Å²) < 4.78 is 0. The fourth-order valence-corrected chi connectivity index (χ4v) is 3.48. The highest BCUT2D eigenvalue weighted by Gasteiger charge is 2.40. The molecular weight excluding hydrogens is 338 g/mol. The van der Waals surface area contributed by atoms with Crippen molar-refractivity contribution < 1.29 is 14.7 Å². The van der Waals surface area contributed by atoms with E-state index >= 15 is 0 Å². The zero-order valence-corrected chi connectivity index (χ0v) is 14.5. The van der Waals surface area contributed by atoms with Gasteiger partial charge in [-0.05, 0) is 29.7 Å². The lowest BCUT2D eigenvalue weighted by atomic mass is 9.89. The summed E-state index contributed by atoms with van der Waals surface area (Å²) in [4.78, 5) is 25.8. The van der Waals surface area contributed by atoms with Crippen molar-refractivity contribution in [3.8, 4) is 0 Å². The molecule has 0 saturated carbocycles. The van der Waals surface area contributed by atoms with E-state index in [-0.39, 0.29) is 18.4 Å². The molecule has 0 spiro atoms. The van der Waals surface area contributed by atoms with Crippen molar-refractivity contribution in [3.63, 3.8) is 0 Å². The number of aryl methyl sites for hydroxylation is 1. The number of rotatable bonds is 5. The summed E-state index contributed by atoms with van der Waals surface area (Å²) in [7, 11) is 0. The number of carboxylic acids is 1. The van der Waals surface area contributed by atoms with Crippen LogP contribution in [-0.4, -0.2) is 35.0 Å². The second kappa shape index (κ2) is 7.70. The van der Waals surface area contributed by atoms with Crippen molar-refractivity contribution >= 4 is 23.5 Å². The van der Waals surface area contributed by atoms with Crippen LogP contribution in [-0.2, 0) is 16.0 Å². The lowest BCUT2D eigenvalue weighted by Crippen LogP contribution is -2.30. The summed E-state index contributed by atoms with van der Waals surface area (Å²) in [5, 5.41) is 10.2. The number of likely N-dealkylation sites (tertiary alicyclic amines) is 1. The Morgan fingerprint density at radius 1 is 1.04 bits per heavy atom. The zero-order chi connectivity index (χ0) is 17.8. The van der Waals surface area contributed by atoms with E-state index in [2.05, 4.69) is 0 Å². The van der Waals surface area contributed by atoms with Gasteiger partial charge in [-0.2, -0.15) is 0 Å². The number of carbonyl (C=O) groups excluding carboxylic acids is 1. The molecule has 130 valence electrons. The number of carboxylic acid groups (broad SMARTS) is 1. The fraction of sp³-hybridized carbons (Fsp3) is 0.300. The van der Waals surface area contributed by atoms with Crippen molar-refractivity contribution in [3.05, 3.63) is 70.7 Å². The van der Waals surface area contributed by atoms with E-state index in [0.717, 1.165) is 11.1 Å². The van der Waals surface area contributed by atoms with Gasteiger partial charge in [0.05, 0.1) is 5.92 Å². The van der Waals surface area contributed by atoms with Crippen LogP contribution in [0.4, 0.5) is 0 Å². The maximum atomic E-state index is 12.5. The van der Waals surface area contributed by atoms with Gasteiger partial charge in [0.2, 0.25) is 5.91 Å². The average Bonchev–Trinajstić information content (AvgIpc) is 3.07. The van der Waals surface area contributed by atoms with E-state index in [1.807, 2.05) is 54.6 Å². The molecule has 0 aromatic heterocycles. The molecule has 1 N–H and O–H groups in total. The van der Waals surface area contributed by atoms with Crippen LogP contribution in [0.15, 0.2) is 54.6 Å². The highest BCUT2D eigenvalue weighted by atomic mass is 35.5. The van der Waals surface area contributed by atoms with Gasteiger partial charge in [-0.15, -0.1) is 0 Å². The second-order valence-corrected chi connectivity index (χ2v) is 6.82. The molecule has 1 fully saturated rings. The maximum Gasteiger partial charge on any atom is 0.308 e. The van der Waals surface area contributed by atoms with E-state index < -0.39 is 11.9 Å². The molecule has 2 atom stereocenters. The van der Waals surface area contributed by atoms with Gasteiger partial charge in [-0.3, -0.25) is 9.59 Å². The van der Waals surface area contributed by atoms with Crippen LogP contribution in [0.5, 0.6) is 0 Å². The van der Waals surface area contributed by atoms with Gasteiger partial charge in [-0.1, -0.05) is 54.1 Å². The van der Waals surface area contributed by atoms with Crippen molar-refractivity contribution in [2.45, 2.75) is 18.8 Å². The molecule has 1 heterocycles. The van der Waals surface area contributed by atoms with Gasteiger partial charge in [0, 0.05) is 30.5 Å². The normalized spacial score (nSPS) is 19.8.